The van der Waals surface area contributed by atoms with Crippen LogP contribution < -0.4 is 14.8 Å². The van der Waals surface area contributed by atoms with E-state index in [1.165, 1.54) is 23.0 Å². The van der Waals surface area contributed by atoms with Crippen LogP contribution in [0.2, 0.25) is 0 Å². The number of nitrogens with one attached hydrogen (secondary N) is 1. The molecule has 8 nitrogen and oxygen atoms in total. The molecule has 1 amide bonds. The average molecular weight is 319 g/mol. The molecule has 0 spiro atoms. The first-order valence-corrected chi connectivity index (χ1v) is 7.16. The third-order valence-electron chi connectivity index (χ3n) is 3.00. The monoisotopic (exact) mass is 319 g/mol. The number of nitrogens with zero attached hydrogens (tertiary/aromatic N) is 4. The van der Waals surface area contributed by atoms with Gasteiger partial charge in [0.25, 0.3) is 5.91 Å². The lowest BCUT2D eigenvalue weighted by atomic mass is 10.2. The van der Waals surface area contributed by atoms with Crippen molar-refractivity contribution in [2.45, 2.75) is 6.92 Å². The summed E-state index contributed by atoms with van der Waals surface area (Å²) < 4.78 is 11.9. The van der Waals surface area contributed by atoms with Crippen LogP contribution in [0.25, 0.3) is 4.96 Å². The van der Waals surface area contributed by atoms with E-state index in [1.807, 2.05) is 0 Å². The number of aromatic nitrogens is 4. The first-order chi connectivity index (χ1) is 10.6. The minimum atomic E-state index is -0.335. The van der Waals surface area contributed by atoms with E-state index in [4.69, 9.17) is 9.47 Å². The summed E-state index contributed by atoms with van der Waals surface area (Å²) in [4.78, 5) is 12.9. The Morgan fingerprint density at radius 1 is 1.27 bits per heavy atom. The lowest BCUT2D eigenvalue weighted by Crippen LogP contribution is -2.13. The third-order valence-corrected chi connectivity index (χ3v) is 3.90. The second kappa shape index (κ2) is 5.60. The number of fused-ring (bicyclic) bond motifs is 1. The molecule has 1 N–H and O–H groups in total. The fourth-order valence-electron chi connectivity index (χ4n) is 1.88. The lowest BCUT2D eigenvalue weighted by molar-refractivity contribution is 0.102. The van der Waals surface area contributed by atoms with E-state index >= 15 is 0 Å². The summed E-state index contributed by atoms with van der Waals surface area (Å²) in [5.41, 5.74) is 0.538. The van der Waals surface area contributed by atoms with Gasteiger partial charge in [-0.1, -0.05) is 11.3 Å². The van der Waals surface area contributed by atoms with E-state index < -0.39 is 0 Å². The van der Waals surface area contributed by atoms with Crippen molar-refractivity contribution in [1.29, 1.82) is 0 Å². The summed E-state index contributed by atoms with van der Waals surface area (Å²) in [6.45, 7) is 1.77. The Kier molecular flexibility index (Phi) is 3.63. The van der Waals surface area contributed by atoms with Gasteiger partial charge in [0.2, 0.25) is 9.97 Å². The molecular formula is C13H13N5O3S. The maximum atomic E-state index is 12.3. The summed E-state index contributed by atoms with van der Waals surface area (Å²) >= 11 is 1.17. The fraction of sp³-hybridized carbons (Fsp3) is 0.231. The highest BCUT2D eigenvalue weighted by molar-refractivity contribution is 7.18. The maximum Gasteiger partial charge on any atom is 0.286 e. The molecule has 3 rings (SSSR count). The summed E-state index contributed by atoms with van der Waals surface area (Å²) in [6, 6.07) is 5.14. The van der Waals surface area contributed by atoms with Gasteiger partial charge in [-0.05, 0) is 19.1 Å². The van der Waals surface area contributed by atoms with Gasteiger partial charge in [0.15, 0.2) is 5.82 Å². The van der Waals surface area contributed by atoms with E-state index in [-0.39, 0.29) is 5.91 Å². The highest BCUT2D eigenvalue weighted by atomic mass is 32.1. The Bertz CT molecular complexity index is 841. The molecule has 0 aliphatic heterocycles. The van der Waals surface area contributed by atoms with Gasteiger partial charge in [-0.3, -0.25) is 4.79 Å². The molecule has 0 fully saturated rings. The van der Waals surface area contributed by atoms with Gasteiger partial charge in [-0.15, -0.1) is 15.3 Å². The molecule has 1 aromatic carbocycles. The number of carbonyl (C=O) groups is 1. The largest absolute Gasteiger partial charge is 0.497 e. The van der Waals surface area contributed by atoms with Gasteiger partial charge >= 0.3 is 0 Å². The van der Waals surface area contributed by atoms with E-state index in [2.05, 4.69) is 20.6 Å². The minimum absolute atomic E-state index is 0.297. The van der Waals surface area contributed by atoms with E-state index in [0.29, 0.717) is 33.0 Å². The van der Waals surface area contributed by atoms with Crippen LogP contribution in [-0.4, -0.2) is 39.9 Å². The molecule has 114 valence electrons. The quantitative estimate of drug-likeness (QED) is 0.788. The Balaban J connectivity index is 1.87. The minimum Gasteiger partial charge on any atom is -0.497 e. The van der Waals surface area contributed by atoms with Crippen LogP contribution in [0.3, 0.4) is 0 Å². The van der Waals surface area contributed by atoms with Crippen LogP contribution in [0.4, 0.5) is 5.69 Å². The van der Waals surface area contributed by atoms with Crippen molar-refractivity contribution in [1.82, 2.24) is 19.8 Å². The molecule has 0 aliphatic rings. The molecule has 9 heteroatoms. The normalized spacial score (nSPS) is 10.7. The number of methoxy groups -OCH3 is 2. The van der Waals surface area contributed by atoms with Crippen molar-refractivity contribution < 1.29 is 14.3 Å². The van der Waals surface area contributed by atoms with Crippen LogP contribution in [0.1, 0.15) is 15.6 Å². The zero-order valence-electron chi connectivity index (χ0n) is 12.2. The average Bonchev–Trinajstić information content (AvgIpc) is 3.10. The number of anilines is 1. The molecule has 0 atom stereocenters. The molecule has 0 saturated carbocycles. The maximum absolute atomic E-state index is 12.3. The van der Waals surface area contributed by atoms with Gasteiger partial charge in [0.05, 0.1) is 19.9 Å². The van der Waals surface area contributed by atoms with Gasteiger partial charge in [0, 0.05) is 6.07 Å². The van der Waals surface area contributed by atoms with Crippen molar-refractivity contribution in [2.75, 3.05) is 19.5 Å². The van der Waals surface area contributed by atoms with Crippen LogP contribution in [0.15, 0.2) is 18.2 Å². The zero-order valence-corrected chi connectivity index (χ0v) is 13.0. The highest BCUT2D eigenvalue weighted by Crippen LogP contribution is 2.29. The van der Waals surface area contributed by atoms with E-state index in [0.717, 1.165) is 0 Å². The number of rotatable bonds is 4. The molecule has 0 radical (unpaired) electrons. The number of carbonyl (C=O) groups excluding carboxylic acids is 1. The van der Waals surface area contributed by atoms with Gasteiger partial charge < -0.3 is 14.8 Å². The number of ether oxygens (including phenoxy) is 2. The first kappa shape index (κ1) is 14.3. The molecule has 3 aromatic rings. The predicted octanol–water partition coefficient (Wildman–Crippen LogP) is 1.76. The molecule has 2 heterocycles. The van der Waals surface area contributed by atoms with Crippen molar-refractivity contribution >= 4 is 27.9 Å². The fourth-order valence-corrected chi connectivity index (χ4v) is 2.66. The highest BCUT2D eigenvalue weighted by Gasteiger charge is 2.17. The third kappa shape index (κ3) is 2.46. The van der Waals surface area contributed by atoms with Crippen molar-refractivity contribution in [3.05, 3.63) is 29.0 Å². The molecular weight excluding hydrogens is 306 g/mol. The summed E-state index contributed by atoms with van der Waals surface area (Å²) in [7, 11) is 3.09. The molecule has 2 aromatic heterocycles. The number of aryl methyl sites for hydroxylation is 1. The second-order valence-electron chi connectivity index (χ2n) is 4.37. The Hall–Kier alpha value is -2.68. The van der Waals surface area contributed by atoms with E-state index in [9.17, 15) is 4.79 Å². The molecule has 0 saturated heterocycles. The summed E-state index contributed by atoms with van der Waals surface area (Å²) in [6.07, 6.45) is 0. The molecule has 0 aliphatic carbocycles. The van der Waals surface area contributed by atoms with Crippen LogP contribution in [0, 0.1) is 6.92 Å². The number of hydrogen-bond donors (Lipinski definition) is 1. The van der Waals surface area contributed by atoms with Crippen LogP contribution in [0.5, 0.6) is 11.5 Å². The van der Waals surface area contributed by atoms with Crippen molar-refractivity contribution in [2.24, 2.45) is 0 Å². The molecule has 22 heavy (non-hydrogen) atoms. The number of amides is 1. The second-order valence-corrected chi connectivity index (χ2v) is 5.33. The standard InChI is InChI=1S/C13H13N5O3S/c1-7-15-16-13-18(7)17-12(22-13)11(19)14-9-5-4-8(20-2)6-10(9)21-3/h4-6H,1-3H3,(H,14,19). The number of benzene rings is 1. The van der Waals surface area contributed by atoms with E-state index in [1.54, 1.807) is 32.2 Å². The molecule has 0 bridgehead atoms. The van der Waals surface area contributed by atoms with Crippen LogP contribution >= 0.6 is 11.3 Å². The Morgan fingerprint density at radius 3 is 2.77 bits per heavy atom. The molecule has 0 unspecified atom stereocenters. The summed E-state index contributed by atoms with van der Waals surface area (Å²) in [5.74, 6) is 1.45. The van der Waals surface area contributed by atoms with Crippen LogP contribution in [-0.2, 0) is 0 Å². The Morgan fingerprint density at radius 2 is 2.09 bits per heavy atom. The topological polar surface area (TPSA) is 90.6 Å². The van der Waals surface area contributed by atoms with Gasteiger partial charge in [0.1, 0.15) is 11.5 Å². The smallest absolute Gasteiger partial charge is 0.286 e. The summed E-state index contributed by atoms with van der Waals surface area (Å²) in [5, 5.41) is 15.1. The Labute approximate surface area is 129 Å². The zero-order chi connectivity index (χ0) is 15.7. The van der Waals surface area contributed by atoms with Gasteiger partial charge in [-0.25, -0.2) is 0 Å². The van der Waals surface area contributed by atoms with Crippen molar-refractivity contribution in [3.63, 3.8) is 0 Å². The SMILES string of the molecule is COc1ccc(NC(=O)c2nn3c(C)nnc3s2)c(OC)c1. The lowest BCUT2D eigenvalue weighted by Gasteiger charge is -2.10. The predicted molar refractivity (Wildman–Crippen MR) is 80.9 cm³/mol. The first-order valence-electron chi connectivity index (χ1n) is 6.34. The van der Waals surface area contributed by atoms with Crippen molar-refractivity contribution in [3.8, 4) is 11.5 Å². The van der Waals surface area contributed by atoms with Gasteiger partial charge in [-0.2, -0.15) is 4.52 Å². The number of hydrogen-bond acceptors (Lipinski definition) is 7.